The fourth-order valence-corrected chi connectivity index (χ4v) is 3.75. The highest BCUT2D eigenvalue weighted by Crippen LogP contribution is 2.40. The number of carboxylic acids is 1. The molecule has 1 unspecified atom stereocenters. The van der Waals surface area contributed by atoms with Crippen LogP contribution >= 0.6 is 0 Å². The van der Waals surface area contributed by atoms with Crippen LogP contribution in [0, 0.1) is 11.6 Å². The van der Waals surface area contributed by atoms with Crippen molar-refractivity contribution in [3.8, 4) is 5.75 Å². The lowest BCUT2D eigenvalue weighted by molar-refractivity contribution is -0.137. The van der Waals surface area contributed by atoms with Gasteiger partial charge in [-0.15, -0.1) is 0 Å². The molecule has 7 nitrogen and oxygen atoms in total. The van der Waals surface area contributed by atoms with Crippen LogP contribution in [-0.2, 0) is 21.6 Å². The zero-order valence-electron chi connectivity index (χ0n) is 17.1. The van der Waals surface area contributed by atoms with E-state index in [-0.39, 0.29) is 25.3 Å². The summed E-state index contributed by atoms with van der Waals surface area (Å²) in [6.45, 7) is 0.194. The minimum absolute atomic E-state index is 0.0456. The van der Waals surface area contributed by atoms with E-state index in [4.69, 9.17) is 14.7 Å². The quantitative estimate of drug-likeness (QED) is 0.420. The summed E-state index contributed by atoms with van der Waals surface area (Å²) >= 11 is 0. The van der Waals surface area contributed by atoms with Crippen molar-refractivity contribution in [2.45, 2.75) is 31.2 Å². The molecule has 2 heterocycles. The number of hydrogen-bond acceptors (Lipinski definition) is 5. The second-order valence-electron chi connectivity index (χ2n) is 7.45. The third kappa shape index (κ3) is 4.32. The number of aromatic nitrogens is 2. The van der Waals surface area contributed by atoms with Crippen LogP contribution in [0.25, 0.3) is 0 Å². The average Bonchev–Trinajstić information content (AvgIpc) is 3.31. The van der Waals surface area contributed by atoms with E-state index in [9.17, 15) is 13.6 Å². The Bertz CT molecular complexity index is 1120. The fraction of sp³-hybridized carbons (Fsp3) is 0.261. The number of carboxylic acid groups (broad SMARTS) is 1. The molecule has 1 N–H and O–H groups in total. The van der Waals surface area contributed by atoms with Gasteiger partial charge in [0, 0.05) is 30.8 Å². The fourth-order valence-electron chi connectivity index (χ4n) is 3.75. The molecule has 0 amide bonds. The first-order valence-electron chi connectivity index (χ1n) is 10.1. The van der Waals surface area contributed by atoms with E-state index >= 15 is 0 Å². The highest BCUT2D eigenvalue weighted by atomic mass is 19.1. The van der Waals surface area contributed by atoms with Crippen molar-refractivity contribution in [3.05, 3.63) is 83.9 Å². The number of aliphatic carboxylic acids is 1. The van der Waals surface area contributed by atoms with Gasteiger partial charge in [-0.3, -0.25) is 4.79 Å². The Labute approximate surface area is 182 Å². The Balaban J connectivity index is 1.74. The molecule has 0 saturated carbocycles. The van der Waals surface area contributed by atoms with Crippen molar-refractivity contribution in [2.75, 3.05) is 6.61 Å². The van der Waals surface area contributed by atoms with Gasteiger partial charge in [-0.2, -0.15) is 0 Å². The van der Waals surface area contributed by atoms with Gasteiger partial charge in [-0.25, -0.2) is 13.8 Å². The van der Waals surface area contributed by atoms with Crippen molar-refractivity contribution >= 4 is 11.9 Å². The van der Waals surface area contributed by atoms with Crippen molar-refractivity contribution < 1.29 is 28.3 Å². The van der Waals surface area contributed by atoms with E-state index in [1.165, 1.54) is 30.3 Å². The van der Waals surface area contributed by atoms with Crippen LogP contribution in [0.3, 0.4) is 0 Å². The number of nitrogens with zero attached hydrogens (tertiary/aromatic N) is 3. The van der Waals surface area contributed by atoms with Gasteiger partial charge in [-0.05, 0) is 53.9 Å². The molecule has 1 atom stereocenters. The third-order valence-electron chi connectivity index (χ3n) is 5.32. The normalized spacial score (nSPS) is 18.8. The van der Waals surface area contributed by atoms with Crippen LogP contribution in [0.15, 0.2) is 66.3 Å². The maximum atomic E-state index is 14.0. The zero-order valence-corrected chi connectivity index (χ0v) is 17.1. The third-order valence-corrected chi connectivity index (χ3v) is 5.32. The molecule has 0 radical (unpaired) electrons. The molecule has 3 aromatic rings. The first-order valence-corrected chi connectivity index (χ1v) is 10.1. The molecule has 9 heteroatoms. The highest BCUT2D eigenvalue weighted by molar-refractivity contribution is 5.92. The summed E-state index contributed by atoms with van der Waals surface area (Å²) in [5.41, 5.74) is 0.176. The number of carbonyl (C=O) groups is 1. The van der Waals surface area contributed by atoms with Gasteiger partial charge in [0.1, 0.15) is 24.0 Å². The van der Waals surface area contributed by atoms with Gasteiger partial charge < -0.3 is 19.2 Å². The SMILES string of the molecule is O=C(O)CCCCON=C1Oc2ccc(F)cc2CC1(c1ccc(F)cc1)n1ccnc1. The maximum absolute atomic E-state index is 14.0. The van der Waals surface area contributed by atoms with Gasteiger partial charge in [0.15, 0.2) is 5.54 Å². The number of unbranched alkanes of at least 4 members (excludes halogenated alkanes) is 1. The highest BCUT2D eigenvalue weighted by Gasteiger charge is 2.46. The number of imidazole rings is 1. The van der Waals surface area contributed by atoms with E-state index in [1.807, 2.05) is 0 Å². The molecule has 32 heavy (non-hydrogen) atoms. The molecule has 4 rings (SSSR count). The monoisotopic (exact) mass is 441 g/mol. The van der Waals surface area contributed by atoms with Gasteiger partial charge in [0.2, 0.25) is 0 Å². The van der Waals surface area contributed by atoms with Crippen molar-refractivity contribution in [1.82, 2.24) is 9.55 Å². The first kappa shape index (κ1) is 21.5. The Kier molecular flexibility index (Phi) is 6.16. The van der Waals surface area contributed by atoms with Crippen LogP contribution in [0.5, 0.6) is 5.75 Å². The molecule has 1 aliphatic heterocycles. The van der Waals surface area contributed by atoms with Crippen LogP contribution < -0.4 is 4.74 Å². The number of ether oxygens (including phenoxy) is 1. The van der Waals surface area contributed by atoms with E-state index in [0.29, 0.717) is 29.7 Å². The first-order chi connectivity index (χ1) is 15.5. The lowest BCUT2D eigenvalue weighted by Gasteiger charge is -2.39. The van der Waals surface area contributed by atoms with Crippen molar-refractivity contribution in [2.24, 2.45) is 5.16 Å². The summed E-state index contributed by atoms with van der Waals surface area (Å²) in [5.74, 6) is -1.05. The predicted octanol–water partition coefficient (Wildman–Crippen LogP) is 4.13. The van der Waals surface area contributed by atoms with E-state index in [2.05, 4.69) is 10.1 Å². The summed E-state index contributed by atoms with van der Waals surface area (Å²) < 4.78 is 35.5. The van der Waals surface area contributed by atoms with E-state index in [0.717, 1.165) is 0 Å². The van der Waals surface area contributed by atoms with Crippen LogP contribution in [0.1, 0.15) is 30.4 Å². The molecular formula is C23H21F2N3O4. The summed E-state index contributed by atoms with van der Waals surface area (Å²) in [6.07, 6.45) is 6.16. The smallest absolute Gasteiger partial charge is 0.303 e. The maximum Gasteiger partial charge on any atom is 0.303 e. The summed E-state index contributed by atoms with van der Waals surface area (Å²) in [6, 6.07) is 10.1. The van der Waals surface area contributed by atoms with E-state index < -0.39 is 23.1 Å². The zero-order chi connectivity index (χ0) is 22.6. The Morgan fingerprint density at radius 3 is 2.69 bits per heavy atom. The molecular weight excluding hydrogens is 420 g/mol. The molecule has 0 aliphatic carbocycles. The molecule has 0 fully saturated rings. The predicted molar refractivity (Wildman–Crippen MR) is 111 cm³/mol. The number of halogens is 2. The largest absolute Gasteiger partial charge is 0.481 e. The van der Waals surface area contributed by atoms with Gasteiger partial charge in [0.05, 0.1) is 6.33 Å². The van der Waals surface area contributed by atoms with Crippen molar-refractivity contribution in [3.63, 3.8) is 0 Å². The lowest BCUT2D eigenvalue weighted by Crippen LogP contribution is -2.49. The Hall–Kier alpha value is -3.75. The molecule has 0 bridgehead atoms. The lowest BCUT2D eigenvalue weighted by atomic mass is 9.81. The average molecular weight is 441 g/mol. The topological polar surface area (TPSA) is 85.9 Å². The number of fused-ring (bicyclic) bond motifs is 1. The summed E-state index contributed by atoms with van der Waals surface area (Å²) in [5, 5.41) is 13.0. The van der Waals surface area contributed by atoms with Crippen LogP contribution in [-0.4, -0.2) is 33.1 Å². The second kappa shape index (κ2) is 9.17. The Morgan fingerprint density at radius 1 is 1.19 bits per heavy atom. The van der Waals surface area contributed by atoms with Gasteiger partial charge >= 0.3 is 5.97 Å². The molecule has 1 aromatic heterocycles. The number of benzene rings is 2. The van der Waals surface area contributed by atoms with Crippen molar-refractivity contribution in [1.29, 1.82) is 0 Å². The summed E-state index contributed by atoms with van der Waals surface area (Å²) in [7, 11) is 0. The number of rotatable bonds is 8. The molecule has 166 valence electrons. The second-order valence-corrected chi connectivity index (χ2v) is 7.45. The number of hydrogen-bond donors (Lipinski definition) is 1. The molecule has 2 aromatic carbocycles. The number of oxime groups is 1. The van der Waals surface area contributed by atoms with Crippen LogP contribution in [0.4, 0.5) is 8.78 Å². The molecule has 0 spiro atoms. The van der Waals surface area contributed by atoms with E-state index in [1.54, 1.807) is 35.4 Å². The van der Waals surface area contributed by atoms with Gasteiger partial charge in [-0.1, -0.05) is 12.1 Å². The minimum Gasteiger partial charge on any atom is -0.481 e. The Morgan fingerprint density at radius 2 is 1.97 bits per heavy atom. The van der Waals surface area contributed by atoms with Crippen LogP contribution in [0.2, 0.25) is 0 Å². The molecule has 0 saturated heterocycles. The van der Waals surface area contributed by atoms with Gasteiger partial charge in [0.25, 0.3) is 5.90 Å². The standard InChI is InChI=1S/C23H21F2N3O4/c24-18-6-4-17(5-7-18)23(28-11-10-26-15-28)14-16-13-19(25)8-9-20(16)32-22(23)27-31-12-2-1-3-21(29)30/h4-11,13,15H,1-3,12,14H2,(H,29,30). The summed E-state index contributed by atoms with van der Waals surface area (Å²) in [4.78, 5) is 20.3. The molecule has 1 aliphatic rings. The minimum atomic E-state index is -1.09.